The van der Waals surface area contributed by atoms with Gasteiger partial charge in [-0.3, -0.25) is 0 Å². The highest BCUT2D eigenvalue weighted by Gasteiger charge is 2.03. The second kappa shape index (κ2) is 6.39. The first-order valence-corrected chi connectivity index (χ1v) is 4.63. The molecule has 80 valence electrons. The molecule has 5 heteroatoms. The molecule has 0 spiro atoms. The number of methoxy groups -OCH3 is 1. The van der Waals surface area contributed by atoms with Crippen LogP contribution in [0.5, 0.6) is 6.08 Å². The quantitative estimate of drug-likeness (QED) is 0.660. The fourth-order valence-electron chi connectivity index (χ4n) is 0.901. The second-order valence-corrected chi connectivity index (χ2v) is 2.73. The smallest absolute Gasteiger partial charge is 0.393 e. The van der Waals surface area contributed by atoms with E-state index in [0.717, 1.165) is 12.2 Å². The van der Waals surface area contributed by atoms with Gasteiger partial charge < -0.3 is 19.2 Å². The zero-order chi connectivity index (χ0) is 10.2. The van der Waals surface area contributed by atoms with E-state index in [9.17, 15) is 0 Å². The van der Waals surface area contributed by atoms with Gasteiger partial charge in [0.15, 0.2) is 0 Å². The van der Waals surface area contributed by atoms with Crippen LogP contribution in [0, 0.1) is 0 Å². The molecule has 0 fully saturated rings. The van der Waals surface area contributed by atoms with Crippen LogP contribution in [-0.4, -0.2) is 31.9 Å². The maximum atomic E-state index is 5.18. The number of hydrogen-bond acceptors (Lipinski definition) is 5. The summed E-state index contributed by atoms with van der Waals surface area (Å²) in [7, 11) is 1.62. The first-order valence-electron chi connectivity index (χ1n) is 4.63. The average Bonchev–Trinajstić information content (AvgIpc) is 2.63. The predicted octanol–water partition coefficient (Wildman–Crippen LogP) is 0.809. The van der Waals surface area contributed by atoms with Gasteiger partial charge in [-0.1, -0.05) is 6.92 Å². The molecule has 1 N–H and O–H groups in total. The molecule has 0 aliphatic rings. The number of ether oxygens (including phenoxy) is 2. The van der Waals surface area contributed by atoms with Crippen molar-refractivity contribution in [2.24, 2.45) is 0 Å². The lowest BCUT2D eigenvalue weighted by Gasteiger charge is -1.98. The molecule has 0 saturated carbocycles. The molecule has 0 atom stereocenters. The Morgan fingerprint density at radius 2 is 2.36 bits per heavy atom. The highest BCUT2D eigenvalue weighted by molar-refractivity contribution is 4.99. The molecular weight excluding hydrogens is 184 g/mol. The van der Waals surface area contributed by atoms with Crippen LogP contribution in [0.25, 0.3) is 0 Å². The van der Waals surface area contributed by atoms with E-state index < -0.39 is 0 Å². The minimum Gasteiger partial charge on any atom is -0.448 e. The summed E-state index contributed by atoms with van der Waals surface area (Å²) in [5.41, 5.74) is 0.847. The Kier molecular flexibility index (Phi) is 5.03. The van der Waals surface area contributed by atoms with Crippen LogP contribution in [0.4, 0.5) is 0 Å². The Bertz CT molecular complexity index is 250. The van der Waals surface area contributed by atoms with Gasteiger partial charge in [-0.05, 0) is 6.54 Å². The molecule has 0 aliphatic carbocycles. The van der Waals surface area contributed by atoms with Crippen LogP contribution in [0.15, 0.2) is 10.7 Å². The molecule has 0 saturated heterocycles. The van der Waals surface area contributed by atoms with E-state index in [1.807, 2.05) is 6.92 Å². The molecule has 1 heterocycles. The minimum atomic E-state index is 0.301. The molecular formula is C9H16N2O3. The number of nitrogens with zero attached hydrogens (tertiary/aromatic N) is 1. The van der Waals surface area contributed by atoms with Crippen molar-refractivity contribution in [3.05, 3.63) is 12.0 Å². The van der Waals surface area contributed by atoms with E-state index in [0.29, 0.717) is 25.8 Å². The van der Waals surface area contributed by atoms with Crippen LogP contribution in [0.2, 0.25) is 0 Å². The van der Waals surface area contributed by atoms with Crippen molar-refractivity contribution in [3.63, 3.8) is 0 Å². The molecule has 0 unspecified atom stereocenters. The van der Waals surface area contributed by atoms with Gasteiger partial charge in [0.05, 0.1) is 12.3 Å². The molecule has 1 aromatic heterocycles. The third-order valence-corrected chi connectivity index (χ3v) is 1.60. The third kappa shape index (κ3) is 3.76. The van der Waals surface area contributed by atoms with Gasteiger partial charge in [-0.2, -0.15) is 4.98 Å². The van der Waals surface area contributed by atoms with Crippen molar-refractivity contribution >= 4 is 0 Å². The Morgan fingerprint density at radius 3 is 3.07 bits per heavy atom. The zero-order valence-corrected chi connectivity index (χ0v) is 8.58. The topological polar surface area (TPSA) is 56.5 Å². The van der Waals surface area contributed by atoms with Crippen LogP contribution < -0.4 is 10.1 Å². The number of oxazole rings is 1. The Labute approximate surface area is 83.4 Å². The molecule has 0 radical (unpaired) electrons. The third-order valence-electron chi connectivity index (χ3n) is 1.60. The maximum Gasteiger partial charge on any atom is 0.393 e. The summed E-state index contributed by atoms with van der Waals surface area (Å²) < 4.78 is 15.1. The maximum absolute atomic E-state index is 5.18. The standard InChI is InChI=1S/C9H16N2O3/c1-3-10-6-8-7-14-9(11-8)13-5-4-12-2/h7,10H,3-6H2,1-2H3. The summed E-state index contributed by atoms with van der Waals surface area (Å²) in [6.07, 6.45) is 1.89. The van der Waals surface area contributed by atoms with Crippen molar-refractivity contribution in [1.82, 2.24) is 10.3 Å². The van der Waals surface area contributed by atoms with E-state index in [-0.39, 0.29) is 0 Å². The van der Waals surface area contributed by atoms with Gasteiger partial charge in [-0.15, -0.1) is 0 Å². The summed E-state index contributed by atoms with van der Waals surface area (Å²) in [6, 6.07) is 0. The van der Waals surface area contributed by atoms with Crippen molar-refractivity contribution in [2.75, 3.05) is 26.9 Å². The fraction of sp³-hybridized carbons (Fsp3) is 0.667. The first-order chi connectivity index (χ1) is 6.86. The lowest BCUT2D eigenvalue weighted by atomic mass is 10.5. The summed E-state index contributed by atoms with van der Waals surface area (Å²) in [5, 5.41) is 3.14. The van der Waals surface area contributed by atoms with Crippen LogP contribution in [0.1, 0.15) is 12.6 Å². The van der Waals surface area contributed by atoms with Crippen molar-refractivity contribution in [1.29, 1.82) is 0 Å². The highest BCUT2D eigenvalue weighted by atomic mass is 16.6. The molecule has 14 heavy (non-hydrogen) atoms. The SMILES string of the molecule is CCNCc1coc(OCCOC)n1. The number of hydrogen-bond donors (Lipinski definition) is 1. The normalized spacial score (nSPS) is 10.4. The van der Waals surface area contributed by atoms with Crippen molar-refractivity contribution in [3.8, 4) is 6.08 Å². The summed E-state index contributed by atoms with van der Waals surface area (Å²) in [6.45, 7) is 4.64. The number of aromatic nitrogens is 1. The van der Waals surface area contributed by atoms with E-state index in [1.54, 1.807) is 13.4 Å². The lowest BCUT2D eigenvalue weighted by Crippen LogP contribution is -2.12. The molecule has 1 aromatic rings. The summed E-state index contributed by atoms with van der Waals surface area (Å²) in [4.78, 5) is 4.11. The van der Waals surface area contributed by atoms with Crippen molar-refractivity contribution < 1.29 is 13.9 Å². The monoisotopic (exact) mass is 200 g/mol. The Hall–Kier alpha value is -1.07. The molecule has 0 amide bonds. The summed E-state index contributed by atoms with van der Waals surface area (Å²) in [5.74, 6) is 0. The largest absolute Gasteiger partial charge is 0.448 e. The molecule has 0 bridgehead atoms. The van der Waals surface area contributed by atoms with Gasteiger partial charge >= 0.3 is 6.08 Å². The Balaban J connectivity index is 2.27. The van der Waals surface area contributed by atoms with Crippen LogP contribution in [-0.2, 0) is 11.3 Å². The van der Waals surface area contributed by atoms with E-state index in [2.05, 4.69) is 10.3 Å². The number of nitrogens with one attached hydrogen (secondary N) is 1. The van der Waals surface area contributed by atoms with Crippen LogP contribution in [0.3, 0.4) is 0 Å². The average molecular weight is 200 g/mol. The molecule has 0 aliphatic heterocycles. The Morgan fingerprint density at radius 1 is 1.50 bits per heavy atom. The lowest BCUT2D eigenvalue weighted by molar-refractivity contribution is 0.126. The predicted molar refractivity (Wildman–Crippen MR) is 51.3 cm³/mol. The van der Waals surface area contributed by atoms with Gasteiger partial charge in [0.25, 0.3) is 0 Å². The zero-order valence-electron chi connectivity index (χ0n) is 8.58. The second-order valence-electron chi connectivity index (χ2n) is 2.73. The van der Waals surface area contributed by atoms with Gasteiger partial charge in [0.1, 0.15) is 12.9 Å². The van der Waals surface area contributed by atoms with E-state index >= 15 is 0 Å². The highest BCUT2D eigenvalue weighted by Crippen LogP contribution is 2.09. The van der Waals surface area contributed by atoms with E-state index in [4.69, 9.17) is 13.9 Å². The first kappa shape index (κ1) is 11.0. The van der Waals surface area contributed by atoms with Crippen molar-refractivity contribution in [2.45, 2.75) is 13.5 Å². The number of rotatable bonds is 7. The van der Waals surface area contributed by atoms with E-state index in [1.165, 1.54) is 0 Å². The van der Waals surface area contributed by atoms with Crippen LogP contribution >= 0.6 is 0 Å². The van der Waals surface area contributed by atoms with Gasteiger partial charge in [0, 0.05) is 13.7 Å². The molecule has 1 rings (SSSR count). The fourth-order valence-corrected chi connectivity index (χ4v) is 0.901. The van der Waals surface area contributed by atoms with Gasteiger partial charge in [-0.25, -0.2) is 0 Å². The van der Waals surface area contributed by atoms with Gasteiger partial charge in [0.2, 0.25) is 0 Å². The molecule has 5 nitrogen and oxygen atoms in total. The molecule has 0 aromatic carbocycles. The minimum absolute atomic E-state index is 0.301. The summed E-state index contributed by atoms with van der Waals surface area (Å²) >= 11 is 0.